The molecule has 0 saturated carbocycles. The summed E-state index contributed by atoms with van der Waals surface area (Å²) in [6.45, 7) is 0. The number of hydrogen-bond donors (Lipinski definition) is 1. The summed E-state index contributed by atoms with van der Waals surface area (Å²) in [5, 5.41) is 5.11. The first kappa shape index (κ1) is 14.9. The van der Waals surface area contributed by atoms with Crippen molar-refractivity contribution in [3.05, 3.63) is 84.6 Å². The minimum absolute atomic E-state index is 0.0304. The fourth-order valence-corrected chi connectivity index (χ4v) is 2.46. The maximum Gasteiger partial charge on any atom is 0.187 e. The number of ketones is 1. The van der Waals surface area contributed by atoms with E-state index in [0.29, 0.717) is 5.56 Å². The molecule has 0 aliphatic rings. The number of hydrogen-bond acceptors (Lipinski definition) is 3. The molecule has 0 atom stereocenters. The summed E-state index contributed by atoms with van der Waals surface area (Å²) in [6, 6.07) is 21.2. The van der Waals surface area contributed by atoms with Crippen molar-refractivity contribution in [3.8, 4) is 5.75 Å². The Balaban J connectivity index is 1.78. The van der Waals surface area contributed by atoms with Crippen LogP contribution in [0.1, 0.15) is 10.4 Å². The lowest BCUT2D eigenvalue weighted by Gasteiger charge is -2.04. The van der Waals surface area contributed by atoms with Crippen LogP contribution in [0.3, 0.4) is 0 Å². The second-order valence-electron chi connectivity index (χ2n) is 5.10. The average molecular weight is 303 g/mol. The molecular formula is C20H17NO2. The van der Waals surface area contributed by atoms with Gasteiger partial charge in [-0.2, -0.15) is 0 Å². The average Bonchev–Trinajstić information content (AvgIpc) is 2.61. The van der Waals surface area contributed by atoms with Crippen molar-refractivity contribution in [2.45, 2.75) is 0 Å². The minimum atomic E-state index is -0.0304. The van der Waals surface area contributed by atoms with E-state index in [2.05, 4.69) is 5.32 Å². The second-order valence-corrected chi connectivity index (χ2v) is 5.10. The van der Waals surface area contributed by atoms with Crippen LogP contribution < -0.4 is 10.1 Å². The Morgan fingerprint density at radius 1 is 1.00 bits per heavy atom. The Morgan fingerprint density at radius 3 is 2.65 bits per heavy atom. The third-order valence-electron chi connectivity index (χ3n) is 3.61. The van der Waals surface area contributed by atoms with Gasteiger partial charge in [0, 0.05) is 29.6 Å². The highest BCUT2D eigenvalue weighted by Gasteiger charge is 2.06. The summed E-state index contributed by atoms with van der Waals surface area (Å²) in [4.78, 5) is 12.4. The summed E-state index contributed by atoms with van der Waals surface area (Å²) in [7, 11) is 1.62. The smallest absolute Gasteiger partial charge is 0.187 e. The molecule has 0 saturated heterocycles. The van der Waals surface area contributed by atoms with Gasteiger partial charge in [0.1, 0.15) is 5.75 Å². The first-order chi connectivity index (χ1) is 11.3. The maximum atomic E-state index is 12.4. The molecule has 0 aliphatic heterocycles. The van der Waals surface area contributed by atoms with E-state index in [1.165, 1.54) is 0 Å². The molecule has 0 aromatic heterocycles. The van der Waals surface area contributed by atoms with Gasteiger partial charge in [-0.25, -0.2) is 0 Å². The number of anilines is 1. The number of carbonyl (C=O) groups is 1. The lowest BCUT2D eigenvalue weighted by atomic mass is 10.0. The predicted octanol–water partition coefficient (Wildman–Crippen LogP) is 4.66. The van der Waals surface area contributed by atoms with E-state index in [4.69, 9.17) is 4.74 Å². The van der Waals surface area contributed by atoms with Crippen LogP contribution >= 0.6 is 0 Å². The molecule has 0 unspecified atom stereocenters. The van der Waals surface area contributed by atoms with Crippen LogP contribution in [0, 0.1) is 0 Å². The molecule has 0 radical (unpaired) electrons. The van der Waals surface area contributed by atoms with Crippen LogP contribution in [0.15, 0.2) is 79.0 Å². The van der Waals surface area contributed by atoms with Crippen LogP contribution in [0.5, 0.6) is 5.75 Å². The van der Waals surface area contributed by atoms with Crippen molar-refractivity contribution in [2.75, 3.05) is 12.4 Å². The van der Waals surface area contributed by atoms with Gasteiger partial charge in [0.2, 0.25) is 0 Å². The third-order valence-corrected chi connectivity index (χ3v) is 3.61. The van der Waals surface area contributed by atoms with E-state index < -0.39 is 0 Å². The molecule has 3 heteroatoms. The quantitative estimate of drug-likeness (QED) is 0.550. The predicted molar refractivity (Wildman–Crippen MR) is 94.0 cm³/mol. The summed E-state index contributed by atoms with van der Waals surface area (Å²) in [5.41, 5.74) is 1.57. The molecule has 0 aliphatic carbocycles. The van der Waals surface area contributed by atoms with Gasteiger partial charge in [0.05, 0.1) is 7.11 Å². The molecule has 3 aromatic rings. The van der Waals surface area contributed by atoms with Gasteiger partial charge in [-0.15, -0.1) is 0 Å². The van der Waals surface area contributed by atoms with Gasteiger partial charge in [-0.3, -0.25) is 4.79 Å². The molecular weight excluding hydrogens is 286 g/mol. The summed E-state index contributed by atoms with van der Waals surface area (Å²) in [5.74, 6) is 0.737. The van der Waals surface area contributed by atoms with Crippen molar-refractivity contribution in [1.29, 1.82) is 0 Å². The highest BCUT2D eigenvalue weighted by atomic mass is 16.5. The largest absolute Gasteiger partial charge is 0.497 e. The highest BCUT2D eigenvalue weighted by molar-refractivity contribution is 6.13. The Hall–Kier alpha value is -3.07. The van der Waals surface area contributed by atoms with Crippen molar-refractivity contribution in [2.24, 2.45) is 0 Å². The fraction of sp³-hybridized carbons (Fsp3) is 0.0500. The SMILES string of the molecule is COc1cccc(N/C=C/C(=O)c2cccc3ccccc23)c1. The van der Waals surface area contributed by atoms with E-state index >= 15 is 0 Å². The normalized spacial score (nSPS) is 10.8. The molecule has 0 bridgehead atoms. The second kappa shape index (κ2) is 6.79. The molecule has 114 valence electrons. The summed E-state index contributed by atoms with van der Waals surface area (Å²) in [6.07, 6.45) is 3.19. The van der Waals surface area contributed by atoms with Gasteiger partial charge in [-0.05, 0) is 22.9 Å². The Kier molecular flexibility index (Phi) is 4.39. The topological polar surface area (TPSA) is 38.3 Å². The van der Waals surface area contributed by atoms with Crippen molar-refractivity contribution < 1.29 is 9.53 Å². The van der Waals surface area contributed by atoms with Crippen LogP contribution in [0.4, 0.5) is 5.69 Å². The van der Waals surface area contributed by atoms with Gasteiger partial charge < -0.3 is 10.1 Å². The molecule has 3 nitrogen and oxygen atoms in total. The molecule has 23 heavy (non-hydrogen) atoms. The van der Waals surface area contributed by atoms with Crippen LogP contribution in [0.2, 0.25) is 0 Å². The lowest BCUT2D eigenvalue weighted by molar-refractivity contribution is 0.104. The number of benzene rings is 3. The van der Waals surface area contributed by atoms with Crippen molar-refractivity contribution in [1.82, 2.24) is 0 Å². The standard InChI is InChI=1S/C20H17NO2/c1-23-17-9-5-8-16(14-17)21-13-12-20(22)19-11-4-7-15-6-2-3-10-18(15)19/h2-14,21H,1H3/b13-12+. The number of nitrogens with one attached hydrogen (secondary N) is 1. The number of allylic oxidation sites excluding steroid dienone is 1. The zero-order valence-corrected chi connectivity index (χ0v) is 12.8. The van der Waals surface area contributed by atoms with Gasteiger partial charge in [0.15, 0.2) is 5.78 Å². The maximum absolute atomic E-state index is 12.4. The first-order valence-electron chi connectivity index (χ1n) is 7.37. The van der Waals surface area contributed by atoms with Gasteiger partial charge in [0.25, 0.3) is 0 Å². The van der Waals surface area contributed by atoms with Crippen molar-refractivity contribution >= 4 is 22.2 Å². The number of fused-ring (bicyclic) bond motifs is 1. The van der Waals surface area contributed by atoms with E-state index in [-0.39, 0.29) is 5.78 Å². The first-order valence-corrected chi connectivity index (χ1v) is 7.37. The molecule has 1 N–H and O–H groups in total. The zero-order chi connectivity index (χ0) is 16.1. The Bertz CT molecular complexity index is 863. The monoisotopic (exact) mass is 303 g/mol. The van der Waals surface area contributed by atoms with E-state index in [9.17, 15) is 4.79 Å². The molecule has 0 amide bonds. The van der Waals surface area contributed by atoms with Gasteiger partial charge in [-0.1, -0.05) is 48.5 Å². The molecule has 3 rings (SSSR count). The van der Waals surface area contributed by atoms with Crippen molar-refractivity contribution in [3.63, 3.8) is 0 Å². The highest BCUT2D eigenvalue weighted by Crippen LogP contribution is 2.20. The number of methoxy groups -OCH3 is 1. The molecule has 0 fully saturated rings. The Labute approximate surface area is 135 Å². The molecule has 3 aromatic carbocycles. The van der Waals surface area contributed by atoms with Crippen LogP contribution in [-0.4, -0.2) is 12.9 Å². The summed E-state index contributed by atoms with van der Waals surface area (Å²) < 4.78 is 5.17. The minimum Gasteiger partial charge on any atom is -0.497 e. The van der Waals surface area contributed by atoms with E-state index in [1.54, 1.807) is 19.4 Å². The fourth-order valence-electron chi connectivity index (χ4n) is 2.46. The zero-order valence-electron chi connectivity index (χ0n) is 12.8. The Morgan fingerprint density at radius 2 is 1.78 bits per heavy atom. The van der Waals surface area contributed by atoms with E-state index in [1.807, 2.05) is 66.7 Å². The third kappa shape index (κ3) is 3.40. The number of carbonyl (C=O) groups excluding carboxylic acids is 1. The number of ether oxygens (including phenoxy) is 1. The van der Waals surface area contributed by atoms with E-state index in [0.717, 1.165) is 22.2 Å². The summed E-state index contributed by atoms with van der Waals surface area (Å²) >= 11 is 0. The van der Waals surface area contributed by atoms with Crippen LogP contribution in [0.25, 0.3) is 10.8 Å². The van der Waals surface area contributed by atoms with Gasteiger partial charge >= 0.3 is 0 Å². The number of rotatable bonds is 5. The molecule has 0 spiro atoms. The molecule has 0 heterocycles. The van der Waals surface area contributed by atoms with Crippen LogP contribution in [-0.2, 0) is 0 Å². The lowest BCUT2D eigenvalue weighted by Crippen LogP contribution is -1.97.